The number of nitrogens with zero attached hydrogens (tertiary/aromatic N) is 6. The summed E-state index contributed by atoms with van der Waals surface area (Å²) in [5.41, 5.74) is -1.59. The predicted molar refractivity (Wildman–Crippen MR) is 125 cm³/mol. The number of carbonyl (C=O) groups is 1. The van der Waals surface area contributed by atoms with E-state index in [-0.39, 0.29) is 34.5 Å². The van der Waals surface area contributed by atoms with Crippen molar-refractivity contribution in [1.29, 1.82) is 0 Å². The summed E-state index contributed by atoms with van der Waals surface area (Å²) < 4.78 is 92.0. The second-order valence-corrected chi connectivity index (χ2v) is 12.5. The summed E-state index contributed by atoms with van der Waals surface area (Å²) >= 11 is 0. The van der Waals surface area contributed by atoms with E-state index in [1.54, 1.807) is 0 Å². The number of sulfone groups is 1. The third-order valence-corrected chi connectivity index (χ3v) is 8.44. The molecule has 0 bridgehead atoms. The minimum Gasteiger partial charge on any atom is -0.307 e. The lowest BCUT2D eigenvalue weighted by atomic mass is 10.2. The first-order valence-electron chi connectivity index (χ1n) is 10.9. The summed E-state index contributed by atoms with van der Waals surface area (Å²) in [7, 11) is -6.76. The second-order valence-electron chi connectivity index (χ2n) is 8.42. The van der Waals surface area contributed by atoms with E-state index in [9.17, 15) is 34.8 Å². The molecule has 1 aliphatic rings. The molecule has 1 fully saturated rings. The highest BCUT2D eigenvalue weighted by Crippen LogP contribution is 2.36. The van der Waals surface area contributed by atoms with Gasteiger partial charge in [-0.05, 0) is 31.0 Å². The van der Waals surface area contributed by atoms with Crippen LogP contribution in [0.5, 0.6) is 0 Å². The van der Waals surface area contributed by atoms with Crippen molar-refractivity contribution >= 4 is 31.5 Å². The number of anilines is 1. The van der Waals surface area contributed by atoms with Gasteiger partial charge in [0, 0.05) is 19.2 Å². The minimum atomic E-state index is -4.62. The predicted octanol–water partition coefficient (Wildman–Crippen LogP) is 2.45. The van der Waals surface area contributed by atoms with Crippen molar-refractivity contribution in [2.75, 3.05) is 16.3 Å². The number of pyridine rings is 2. The highest BCUT2D eigenvalue weighted by molar-refractivity contribution is 7.93. The average Bonchev–Trinajstić information content (AvgIpc) is 3.60. The van der Waals surface area contributed by atoms with Gasteiger partial charge in [-0.25, -0.2) is 26.1 Å². The largest absolute Gasteiger partial charge is 0.416 e. The fourth-order valence-electron chi connectivity index (χ4n) is 3.57. The lowest BCUT2D eigenvalue weighted by molar-refractivity contribution is -0.137. The molecular formula is C21H21F3N6O5S2. The Morgan fingerprint density at radius 2 is 1.76 bits per heavy atom. The van der Waals surface area contributed by atoms with Gasteiger partial charge in [0.25, 0.3) is 0 Å². The summed E-state index contributed by atoms with van der Waals surface area (Å²) in [6.45, 7) is 1.37. The summed E-state index contributed by atoms with van der Waals surface area (Å²) in [6.07, 6.45) is -0.774. The summed E-state index contributed by atoms with van der Waals surface area (Å²) in [5.74, 6) is -1.77. The highest BCUT2D eigenvalue weighted by Gasteiger charge is 2.39. The molecular weight excluding hydrogens is 537 g/mol. The molecule has 37 heavy (non-hydrogen) atoms. The third kappa shape index (κ3) is 5.20. The molecule has 3 aromatic rings. The number of aromatic nitrogens is 5. The quantitative estimate of drug-likeness (QED) is 0.427. The van der Waals surface area contributed by atoms with Crippen LogP contribution in [-0.2, 0) is 37.9 Å². The van der Waals surface area contributed by atoms with Crippen LogP contribution in [0.25, 0.3) is 23.0 Å². The lowest BCUT2D eigenvalue weighted by Crippen LogP contribution is -2.37. The van der Waals surface area contributed by atoms with Crippen LogP contribution in [0.4, 0.5) is 18.9 Å². The Balaban J connectivity index is 1.87. The lowest BCUT2D eigenvalue weighted by Gasteiger charge is -2.21. The van der Waals surface area contributed by atoms with Crippen molar-refractivity contribution in [2.45, 2.75) is 30.8 Å². The minimum absolute atomic E-state index is 0.0894. The van der Waals surface area contributed by atoms with E-state index >= 15 is 0 Å². The van der Waals surface area contributed by atoms with Crippen molar-refractivity contribution < 1.29 is 34.8 Å². The molecule has 3 aromatic heterocycles. The van der Waals surface area contributed by atoms with Crippen LogP contribution in [-0.4, -0.2) is 59.5 Å². The van der Waals surface area contributed by atoms with Crippen molar-refractivity contribution in [2.24, 2.45) is 13.0 Å². The molecule has 0 aliphatic heterocycles. The van der Waals surface area contributed by atoms with Crippen LogP contribution in [0.1, 0.15) is 25.3 Å². The molecule has 0 unspecified atom stereocenters. The maximum atomic E-state index is 13.2. The molecule has 3 heterocycles. The standard InChI is InChI=1S/C21H21F3N6O5S2/c1-4-37(34,35)16-10-14(30(36(3,32)33)20(31)12-5-6-12)11-26-17(16)19-28-27-18(29(19)2)15-9-13(7-8-25-15)21(22,23)24/h7-12H,4-6H2,1-3H3. The van der Waals surface area contributed by atoms with E-state index in [1.807, 2.05) is 0 Å². The molecule has 4 rings (SSSR count). The Hall–Kier alpha value is -3.40. The molecule has 16 heteroatoms. The number of carbonyl (C=O) groups excluding carboxylic acids is 1. The normalized spacial score (nSPS) is 14.5. The van der Waals surface area contributed by atoms with Crippen molar-refractivity contribution in [3.05, 3.63) is 36.2 Å². The van der Waals surface area contributed by atoms with Crippen molar-refractivity contribution in [3.8, 4) is 23.0 Å². The van der Waals surface area contributed by atoms with Gasteiger partial charge in [-0.15, -0.1) is 10.2 Å². The van der Waals surface area contributed by atoms with E-state index in [0.717, 1.165) is 36.8 Å². The van der Waals surface area contributed by atoms with E-state index < -0.39 is 48.3 Å². The van der Waals surface area contributed by atoms with Gasteiger partial charge < -0.3 is 4.57 Å². The van der Waals surface area contributed by atoms with Crippen LogP contribution in [0, 0.1) is 5.92 Å². The Labute approximate surface area is 210 Å². The number of hydrogen-bond acceptors (Lipinski definition) is 9. The van der Waals surface area contributed by atoms with Gasteiger partial charge in [-0.3, -0.25) is 9.78 Å². The number of rotatable bonds is 7. The van der Waals surface area contributed by atoms with Gasteiger partial charge in [0.1, 0.15) is 11.4 Å². The molecule has 0 N–H and O–H groups in total. The topological polar surface area (TPSA) is 145 Å². The number of alkyl halides is 3. The maximum Gasteiger partial charge on any atom is 0.416 e. The molecule has 1 saturated carbocycles. The second kappa shape index (κ2) is 9.16. The molecule has 1 aliphatic carbocycles. The molecule has 1 amide bonds. The highest BCUT2D eigenvalue weighted by atomic mass is 32.2. The summed E-state index contributed by atoms with van der Waals surface area (Å²) in [5, 5.41) is 7.80. The van der Waals surface area contributed by atoms with Crippen LogP contribution < -0.4 is 4.31 Å². The number of amides is 1. The summed E-state index contributed by atoms with van der Waals surface area (Å²) in [6, 6.07) is 2.60. The van der Waals surface area contributed by atoms with Crippen molar-refractivity contribution in [3.63, 3.8) is 0 Å². The third-order valence-electron chi connectivity index (χ3n) is 5.65. The van der Waals surface area contributed by atoms with Gasteiger partial charge in [0.15, 0.2) is 21.5 Å². The van der Waals surface area contributed by atoms with E-state index in [1.165, 1.54) is 18.5 Å². The Morgan fingerprint density at radius 1 is 1.11 bits per heavy atom. The molecule has 0 atom stereocenters. The zero-order chi connectivity index (χ0) is 27.3. The molecule has 0 aromatic carbocycles. The van der Waals surface area contributed by atoms with Crippen molar-refractivity contribution in [1.82, 2.24) is 24.7 Å². The van der Waals surface area contributed by atoms with E-state index in [0.29, 0.717) is 17.1 Å². The smallest absolute Gasteiger partial charge is 0.307 e. The average molecular weight is 559 g/mol. The number of hydrogen-bond donors (Lipinski definition) is 0. The SMILES string of the molecule is CCS(=O)(=O)c1cc(N(C(=O)C2CC2)S(C)(=O)=O)cnc1-c1nnc(-c2cc(C(F)(F)F)ccn2)n1C. The van der Waals surface area contributed by atoms with Gasteiger partial charge in [0.2, 0.25) is 15.9 Å². The zero-order valence-corrected chi connectivity index (χ0v) is 21.4. The number of sulfonamides is 1. The van der Waals surface area contributed by atoms with Crippen LogP contribution in [0.15, 0.2) is 35.5 Å². The first-order valence-corrected chi connectivity index (χ1v) is 14.4. The van der Waals surface area contributed by atoms with Crippen LogP contribution in [0.3, 0.4) is 0 Å². The molecule has 11 nitrogen and oxygen atoms in total. The Morgan fingerprint density at radius 3 is 2.32 bits per heavy atom. The fraction of sp³-hybridized carbons (Fsp3) is 0.381. The Kier molecular flexibility index (Phi) is 6.60. The van der Waals surface area contributed by atoms with Crippen LogP contribution >= 0.6 is 0 Å². The molecule has 0 spiro atoms. The molecule has 0 radical (unpaired) electrons. The first kappa shape index (κ1) is 26.7. The van der Waals surface area contributed by atoms with Crippen LogP contribution in [0.2, 0.25) is 0 Å². The van der Waals surface area contributed by atoms with E-state index in [2.05, 4.69) is 20.2 Å². The monoisotopic (exact) mass is 558 g/mol. The van der Waals surface area contributed by atoms with Gasteiger partial charge >= 0.3 is 6.18 Å². The zero-order valence-electron chi connectivity index (χ0n) is 19.8. The number of halogens is 3. The molecule has 0 saturated heterocycles. The summed E-state index contributed by atoms with van der Waals surface area (Å²) in [4.78, 5) is 20.3. The Bertz CT molecular complexity index is 1600. The molecule has 198 valence electrons. The van der Waals surface area contributed by atoms with Gasteiger partial charge in [-0.1, -0.05) is 6.92 Å². The van der Waals surface area contributed by atoms with Gasteiger partial charge in [0.05, 0.1) is 34.4 Å². The maximum absolute atomic E-state index is 13.2. The first-order chi connectivity index (χ1) is 17.1. The fourth-order valence-corrected chi connectivity index (χ4v) is 5.58. The van der Waals surface area contributed by atoms with E-state index in [4.69, 9.17) is 0 Å². The van der Waals surface area contributed by atoms with Gasteiger partial charge in [-0.2, -0.15) is 13.2 Å².